The molecule has 0 fully saturated rings. The standard InChI is InChI=1S/C23H17Cl2F3N4O/c1-13-20(14-2-7-17(24)8-3-14)31-32(21(13)15-4-11-19(25)29-12-15)22(33)30-18-9-5-16(6-10-18)23(26,27)28/h2-13,21H,1H3,(H,30,33). The Morgan fingerprint density at radius 1 is 1.00 bits per heavy atom. The van der Waals surface area contributed by atoms with Gasteiger partial charge in [0.2, 0.25) is 0 Å². The molecule has 0 bridgehead atoms. The maximum absolute atomic E-state index is 13.1. The summed E-state index contributed by atoms with van der Waals surface area (Å²) in [7, 11) is 0. The first kappa shape index (κ1) is 23.1. The van der Waals surface area contributed by atoms with E-state index in [0.717, 1.165) is 17.7 Å². The van der Waals surface area contributed by atoms with Crippen LogP contribution in [0.5, 0.6) is 0 Å². The lowest BCUT2D eigenvalue weighted by molar-refractivity contribution is -0.137. The highest BCUT2D eigenvalue weighted by Gasteiger charge is 2.39. The predicted molar refractivity (Wildman–Crippen MR) is 121 cm³/mol. The highest BCUT2D eigenvalue weighted by molar-refractivity contribution is 6.30. The number of nitrogens with one attached hydrogen (secondary N) is 1. The number of hydrogen-bond donors (Lipinski definition) is 1. The number of alkyl halides is 3. The van der Waals surface area contributed by atoms with E-state index < -0.39 is 23.8 Å². The fourth-order valence-corrected chi connectivity index (χ4v) is 3.90. The molecule has 2 atom stereocenters. The van der Waals surface area contributed by atoms with Gasteiger partial charge < -0.3 is 5.32 Å². The number of hydrazone groups is 1. The molecule has 33 heavy (non-hydrogen) atoms. The number of carbonyl (C=O) groups is 1. The van der Waals surface area contributed by atoms with E-state index >= 15 is 0 Å². The van der Waals surface area contributed by atoms with E-state index in [4.69, 9.17) is 23.2 Å². The number of halogens is 5. The molecule has 1 aliphatic rings. The van der Waals surface area contributed by atoms with E-state index in [2.05, 4.69) is 15.4 Å². The van der Waals surface area contributed by atoms with Crippen molar-refractivity contribution in [2.75, 3.05) is 5.32 Å². The Balaban J connectivity index is 1.66. The molecule has 10 heteroatoms. The minimum absolute atomic E-state index is 0.212. The molecule has 2 amide bonds. The maximum atomic E-state index is 13.1. The second-order valence-corrected chi connectivity index (χ2v) is 8.31. The van der Waals surface area contributed by atoms with Gasteiger partial charge in [-0.15, -0.1) is 0 Å². The van der Waals surface area contributed by atoms with Gasteiger partial charge in [0.05, 0.1) is 17.3 Å². The Bertz CT molecular complexity index is 1180. The van der Waals surface area contributed by atoms with Crippen LogP contribution < -0.4 is 5.32 Å². The number of benzene rings is 2. The topological polar surface area (TPSA) is 57.6 Å². The van der Waals surface area contributed by atoms with Gasteiger partial charge in [0, 0.05) is 22.8 Å². The average molecular weight is 493 g/mol. The predicted octanol–water partition coefficient (Wildman–Crippen LogP) is 7.04. The number of urea groups is 1. The molecule has 0 radical (unpaired) electrons. The third kappa shape index (κ3) is 4.96. The number of hydrogen-bond acceptors (Lipinski definition) is 3. The van der Waals surface area contributed by atoms with Gasteiger partial charge in [0.15, 0.2) is 0 Å². The minimum atomic E-state index is -4.46. The summed E-state index contributed by atoms with van der Waals surface area (Å²) >= 11 is 11.9. The van der Waals surface area contributed by atoms with Crippen LogP contribution in [0, 0.1) is 5.92 Å². The molecule has 1 aliphatic heterocycles. The normalized spacial score (nSPS) is 18.2. The molecule has 0 saturated heterocycles. The lowest BCUT2D eigenvalue weighted by Gasteiger charge is -2.25. The summed E-state index contributed by atoms with van der Waals surface area (Å²) in [5.74, 6) is -0.215. The lowest BCUT2D eigenvalue weighted by Crippen LogP contribution is -2.33. The van der Waals surface area contributed by atoms with Gasteiger partial charge in [-0.05, 0) is 53.6 Å². The Morgan fingerprint density at radius 2 is 1.67 bits per heavy atom. The number of nitrogens with zero attached hydrogens (tertiary/aromatic N) is 3. The molecule has 1 aromatic heterocycles. The fraction of sp³-hybridized carbons (Fsp3) is 0.174. The molecule has 2 heterocycles. The van der Waals surface area contributed by atoms with Crippen LogP contribution in [0.1, 0.15) is 29.7 Å². The zero-order valence-corrected chi connectivity index (χ0v) is 18.7. The Kier molecular flexibility index (Phi) is 6.32. The summed E-state index contributed by atoms with van der Waals surface area (Å²) in [5, 5.41) is 9.33. The van der Waals surface area contributed by atoms with Crippen LogP contribution in [0.4, 0.5) is 23.7 Å². The van der Waals surface area contributed by atoms with Crippen molar-refractivity contribution in [1.29, 1.82) is 0 Å². The van der Waals surface area contributed by atoms with Crippen molar-refractivity contribution in [2.24, 2.45) is 11.0 Å². The Hall–Kier alpha value is -3.10. The van der Waals surface area contributed by atoms with Gasteiger partial charge in [-0.1, -0.05) is 48.3 Å². The van der Waals surface area contributed by atoms with E-state index in [1.165, 1.54) is 17.1 Å². The van der Waals surface area contributed by atoms with E-state index in [-0.39, 0.29) is 11.6 Å². The number of aromatic nitrogens is 1. The number of anilines is 1. The van der Waals surface area contributed by atoms with E-state index in [0.29, 0.717) is 21.5 Å². The zero-order chi connectivity index (χ0) is 23.8. The van der Waals surface area contributed by atoms with Crippen LogP contribution in [0.3, 0.4) is 0 Å². The van der Waals surface area contributed by atoms with Crippen molar-refractivity contribution in [1.82, 2.24) is 9.99 Å². The van der Waals surface area contributed by atoms with Gasteiger partial charge in [0.1, 0.15) is 5.15 Å². The summed E-state index contributed by atoms with van der Waals surface area (Å²) < 4.78 is 38.5. The largest absolute Gasteiger partial charge is 0.416 e. The molecule has 3 aromatic rings. The van der Waals surface area contributed by atoms with Gasteiger partial charge in [-0.2, -0.15) is 18.3 Å². The number of rotatable bonds is 3. The third-order valence-electron chi connectivity index (χ3n) is 5.29. The minimum Gasteiger partial charge on any atom is -0.306 e. The fourth-order valence-electron chi connectivity index (χ4n) is 3.66. The first-order valence-corrected chi connectivity index (χ1v) is 10.6. The van der Waals surface area contributed by atoms with Crippen LogP contribution in [0.15, 0.2) is 72.0 Å². The highest BCUT2D eigenvalue weighted by atomic mass is 35.5. The Morgan fingerprint density at radius 3 is 2.24 bits per heavy atom. The summed E-state index contributed by atoms with van der Waals surface area (Å²) in [4.78, 5) is 17.3. The van der Waals surface area contributed by atoms with Crippen LogP contribution >= 0.6 is 23.2 Å². The molecule has 4 rings (SSSR count). The number of amides is 2. The van der Waals surface area contributed by atoms with E-state index in [9.17, 15) is 18.0 Å². The number of pyridine rings is 1. The summed E-state index contributed by atoms with van der Waals surface area (Å²) in [6.45, 7) is 1.93. The smallest absolute Gasteiger partial charge is 0.306 e. The van der Waals surface area contributed by atoms with E-state index in [1.54, 1.807) is 30.5 Å². The summed E-state index contributed by atoms with van der Waals surface area (Å²) in [6.07, 6.45) is -2.89. The van der Waals surface area contributed by atoms with Gasteiger partial charge in [-0.3, -0.25) is 0 Å². The third-order valence-corrected chi connectivity index (χ3v) is 5.76. The molecule has 2 aromatic carbocycles. The SMILES string of the molecule is CC1C(c2ccc(Cl)cc2)=NN(C(=O)Nc2ccc(C(F)(F)F)cc2)C1c1ccc(Cl)nc1. The zero-order valence-electron chi connectivity index (χ0n) is 17.1. The summed E-state index contributed by atoms with van der Waals surface area (Å²) in [6, 6.07) is 13.6. The van der Waals surface area contributed by atoms with Crippen LogP contribution in [-0.2, 0) is 6.18 Å². The molecule has 5 nitrogen and oxygen atoms in total. The first-order chi connectivity index (χ1) is 15.6. The van der Waals surface area contributed by atoms with Crippen LogP contribution in [0.25, 0.3) is 0 Å². The van der Waals surface area contributed by atoms with Crippen LogP contribution in [-0.4, -0.2) is 21.7 Å². The maximum Gasteiger partial charge on any atom is 0.416 e. The van der Waals surface area contributed by atoms with Crippen molar-refractivity contribution in [3.8, 4) is 0 Å². The molecular formula is C23H17Cl2F3N4O. The van der Waals surface area contributed by atoms with Crippen molar-refractivity contribution in [2.45, 2.75) is 19.1 Å². The van der Waals surface area contributed by atoms with Crippen molar-refractivity contribution in [3.05, 3.63) is 93.7 Å². The van der Waals surface area contributed by atoms with Crippen molar-refractivity contribution >= 4 is 40.6 Å². The van der Waals surface area contributed by atoms with Gasteiger partial charge >= 0.3 is 12.2 Å². The molecule has 0 aliphatic carbocycles. The molecule has 0 saturated carbocycles. The molecule has 170 valence electrons. The van der Waals surface area contributed by atoms with Crippen molar-refractivity contribution in [3.63, 3.8) is 0 Å². The molecule has 0 spiro atoms. The molecule has 2 unspecified atom stereocenters. The lowest BCUT2D eigenvalue weighted by atomic mass is 9.89. The summed E-state index contributed by atoms with van der Waals surface area (Å²) in [5.41, 5.74) is 1.58. The second kappa shape index (κ2) is 9.03. The average Bonchev–Trinajstić information content (AvgIpc) is 3.12. The van der Waals surface area contributed by atoms with Gasteiger partial charge in [-0.25, -0.2) is 14.8 Å². The quantitative estimate of drug-likeness (QED) is 0.398. The van der Waals surface area contributed by atoms with Gasteiger partial charge in [0.25, 0.3) is 0 Å². The molecular weight excluding hydrogens is 476 g/mol. The first-order valence-electron chi connectivity index (χ1n) is 9.87. The monoisotopic (exact) mass is 492 g/mol. The number of carbonyl (C=O) groups excluding carboxylic acids is 1. The molecule has 1 N–H and O–H groups in total. The van der Waals surface area contributed by atoms with Crippen LogP contribution in [0.2, 0.25) is 10.2 Å². The van der Waals surface area contributed by atoms with E-state index in [1.807, 2.05) is 19.1 Å². The van der Waals surface area contributed by atoms with Crippen molar-refractivity contribution < 1.29 is 18.0 Å². The highest BCUT2D eigenvalue weighted by Crippen LogP contribution is 2.38. The Labute approximate surface area is 197 Å². The second-order valence-electron chi connectivity index (χ2n) is 7.49.